The van der Waals surface area contributed by atoms with Crippen molar-refractivity contribution >= 4 is 17.6 Å². The minimum Gasteiger partial charge on any atom is -0.453 e. The zero-order valence-corrected chi connectivity index (χ0v) is 14.7. The molecular weight excluding hydrogens is 340 g/mol. The van der Waals surface area contributed by atoms with E-state index in [-0.39, 0.29) is 12.1 Å². The van der Waals surface area contributed by atoms with Crippen LogP contribution in [0, 0.1) is 11.6 Å². The number of halogens is 2. The molecule has 0 heterocycles. The molecular formula is C20H21F2NO3. The number of benzene rings is 2. The largest absolute Gasteiger partial charge is 0.453 e. The minimum atomic E-state index is -1.12. The van der Waals surface area contributed by atoms with Gasteiger partial charge in [-0.1, -0.05) is 31.2 Å². The van der Waals surface area contributed by atoms with Gasteiger partial charge in [0.1, 0.15) is 11.6 Å². The molecule has 0 saturated heterocycles. The topological polar surface area (TPSA) is 55.4 Å². The summed E-state index contributed by atoms with van der Waals surface area (Å²) in [5.74, 6) is -2.71. The summed E-state index contributed by atoms with van der Waals surface area (Å²) in [6.07, 6.45) is 0.446. The Bertz CT molecular complexity index is 775. The van der Waals surface area contributed by atoms with E-state index in [9.17, 15) is 18.4 Å². The molecule has 0 aliphatic rings. The second-order valence-corrected chi connectivity index (χ2v) is 5.92. The number of esters is 1. The van der Waals surface area contributed by atoms with Crippen LogP contribution in [0.15, 0.2) is 42.5 Å². The van der Waals surface area contributed by atoms with E-state index in [1.54, 1.807) is 0 Å². The van der Waals surface area contributed by atoms with Crippen molar-refractivity contribution in [2.24, 2.45) is 0 Å². The first-order valence-electron chi connectivity index (χ1n) is 8.42. The van der Waals surface area contributed by atoms with E-state index >= 15 is 0 Å². The van der Waals surface area contributed by atoms with Crippen LogP contribution in [-0.2, 0) is 27.2 Å². The summed E-state index contributed by atoms with van der Waals surface area (Å²) >= 11 is 0. The van der Waals surface area contributed by atoms with Gasteiger partial charge in [-0.15, -0.1) is 0 Å². The second kappa shape index (κ2) is 9.08. The molecule has 0 aliphatic carbocycles. The molecule has 0 fully saturated rings. The van der Waals surface area contributed by atoms with Gasteiger partial charge in [-0.3, -0.25) is 9.59 Å². The third kappa shape index (κ3) is 5.65. The molecule has 6 heteroatoms. The first-order valence-corrected chi connectivity index (χ1v) is 8.42. The van der Waals surface area contributed by atoms with Crippen molar-refractivity contribution < 1.29 is 23.1 Å². The number of ether oxygens (including phenoxy) is 1. The molecule has 0 saturated carbocycles. The number of carbonyl (C=O) groups is 2. The highest BCUT2D eigenvalue weighted by Crippen LogP contribution is 2.16. The maximum absolute atomic E-state index is 13.5. The Hall–Kier alpha value is -2.76. The van der Waals surface area contributed by atoms with Crippen molar-refractivity contribution in [1.29, 1.82) is 0 Å². The average molecular weight is 361 g/mol. The van der Waals surface area contributed by atoms with Crippen molar-refractivity contribution in [3.05, 3.63) is 65.2 Å². The first kappa shape index (κ1) is 19.6. The zero-order valence-electron chi connectivity index (χ0n) is 14.7. The van der Waals surface area contributed by atoms with Gasteiger partial charge >= 0.3 is 5.97 Å². The van der Waals surface area contributed by atoms with Gasteiger partial charge in [-0.25, -0.2) is 8.78 Å². The minimum absolute atomic E-state index is 0.122. The summed E-state index contributed by atoms with van der Waals surface area (Å²) in [5.41, 5.74) is 1.92. The van der Waals surface area contributed by atoms with Gasteiger partial charge in [0.25, 0.3) is 5.91 Å². The number of carbonyl (C=O) groups excluding carboxylic acids is 2. The van der Waals surface area contributed by atoms with Gasteiger partial charge in [0.05, 0.1) is 5.69 Å². The van der Waals surface area contributed by atoms with E-state index in [2.05, 4.69) is 12.2 Å². The maximum atomic E-state index is 13.5. The molecule has 2 aromatic carbocycles. The quantitative estimate of drug-likeness (QED) is 0.758. The van der Waals surface area contributed by atoms with Crippen LogP contribution >= 0.6 is 0 Å². The molecule has 2 rings (SSSR count). The van der Waals surface area contributed by atoms with Gasteiger partial charge < -0.3 is 10.1 Å². The van der Waals surface area contributed by atoms with Crippen LogP contribution in [0.1, 0.15) is 31.4 Å². The fourth-order valence-electron chi connectivity index (χ4n) is 2.33. The summed E-state index contributed by atoms with van der Waals surface area (Å²) in [4.78, 5) is 23.9. The van der Waals surface area contributed by atoms with E-state index in [1.165, 1.54) is 12.5 Å². The molecule has 0 aliphatic heterocycles. The molecule has 1 amide bonds. The van der Waals surface area contributed by atoms with E-state index < -0.39 is 29.6 Å². The number of rotatable bonds is 7. The summed E-state index contributed by atoms with van der Waals surface area (Å²) in [6, 6.07) is 10.6. The lowest BCUT2D eigenvalue weighted by atomic mass is 10.1. The SMILES string of the molecule is CCc1ccc(CCC(=O)O[C@@H](C)C(=O)Nc2cc(F)ccc2F)cc1. The lowest BCUT2D eigenvalue weighted by Gasteiger charge is -2.14. The molecule has 4 nitrogen and oxygen atoms in total. The molecule has 0 spiro atoms. The van der Waals surface area contributed by atoms with E-state index in [1.807, 2.05) is 24.3 Å². The van der Waals surface area contributed by atoms with Gasteiger partial charge in [0, 0.05) is 12.5 Å². The Balaban J connectivity index is 1.83. The molecule has 0 radical (unpaired) electrons. The number of amides is 1. The Morgan fingerprint density at radius 3 is 2.38 bits per heavy atom. The van der Waals surface area contributed by atoms with Crippen LogP contribution in [0.25, 0.3) is 0 Å². The van der Waals surface area contributed by atoms with Crippen molar-refractivity contribution in [3.63, 3.8) is 0 Å². The summed E-state index contributed by atoms with van der Waals surface area (Å²) in [5, 5.41) is 2.21. The van der Waals surface area contributed by atoms with Gasteiger partial charge in [0.15, 0.2) is 6.10 Å². The molecule has 0 unspecified atom stereocenters. The van der Waals surface area contributed by atoms with Crippen LogP contribution in [-0.4, -0.2) is 18.0 Å². The fraction of sp³-hybridized carbons (Fsp3) is 0.300. The Morgan fingerprint density at radius 1 is 1.08 bits per heavy atom. The lowest BCUT2D eigenvalue weighted by Crippen LogP contribution is -2.30. The van der Waals surface area contributed by atoms with Gasteiger partial charge in [-0.2, -0.15) is 0 Å². The first-order chi connectivity index (χ1) is 12.4. The highest BCUT2D eigenvalue weighted by atomic mass is 19.1. The zero-order chi connectivity index (χ0) is 19.1. The van der Waals surface area contributed by atoms with Crippen LogP contribution in [0.2, 0.25) is 0 Å². The molecule has 2 aromatic rings. The smallest absolute Gasteiger partial charge is 0.306 e. The number of hydrogen-bond donors (Lipinski definition) is 1. The van der Waals surface area contributed by atoms with Crippen molar-refractivity contribution in [2.45, 2.75) is 39.2 Å². The van der Waals surface area contributed by atoms with Crippen molar-refractivity contribution in [3.8, 4) is 0 Å². The average Bonchev–Trinajstić information content (AvgIpc) is 2.63. The maximum Gasteiger partial charge on any atom is 0.306 e. The lowest BCUT2D eigenvalue weighted by molar-refractivity contribution is -0.153. The van der Waals surface area contributed by atoms with Crippen molar-refractivity contribution in [1.82, 2.24) is 0 Å². The van der Waals surface area contributed by atoms with Crippen LogP contribution in [0.4, 0.5) is 14.5 Å². The standard InChI is InChI=1S/C20H21F2NO3/c1-3-14-4-6-15(7-5-14)8-11-19(24)26-13(2)20(25)23-18-12-16(21)9-10-17(18)22/h4-7,9-10,12-13H,3,8,11H2,1-2H3,(H,23,25)/t13-/m0/s1. The van der Waals surface area contributed by atoms with E-state index in [0.29, 0.717) is 6.42 Å². The fourth-order valence-corrected chi connectivity index (χ4v) is 2.33. The third-order valence-corrected chi connectivity index (χ3v) is 3.91. The third-order valence-electron chi connectivity index (χ3n) is 3.91. The predicted molar refractivity (Wildman–Crippen MR) is 94.7 cm³/mol. The van der Waals surface area contributed by atoms with Crippen LogP contribution < -0.4 is 5.32 Å². The monoisotopic (exact) mass is 361 g/mol. The molecule has 0 aromatic heterocycles. The number of aryl methyl sites for hydroxylation is 2. The molecule has 1 N–H and O–H groups in total. The van der Waals surface area contributed by atoms with Gasteiger partial charge in [0.2, 0.25) is 0 Å². The van der Waals surface area contributed by atoms with Gasteiger partial charge in [-0.05, 0) is 43.0 Å². The number of nitrogens with one attached hydrogen (secondary N) is 1. The Labute approximate surface area is 151 Å². The molecule has 26 heavy (non-hydrogen) atoms. The van der Waals surface area contributed by atoms with E-state index in [4.69, 9.17) is 4.74 Å². The molecule has 1 atom stereocenters. The second-order valence-electron chi connectivity index (χ2n) is 5.92. The highest BCUT2D eigenvalue weighted by molar-refractivity contribution is 5.95. The number of anilines is 1. The van der Waals surface area contributed by atoms with E-state index in [0.717, 1.165) is 30.2 Å². The molecule has 0 bridgehead atoms. The highest BCUT2D eigenvalue weighted by Gasteiger charge is 2.19. The predicted octanol–water partition coefficient (Wildman–Crippen LogP) is 4.03. The van der Waals surface area contributed by atoms with Crippen LogP contribution in [0.5, 0.6) is 0 Å². The van der Waals surface area contributed by atoms with Crippen molar-refractivity contribution in [2.75, 3.05) is 5.32 Å². The van der Waals surface area contributed by atoms with Crippen LogP contribution in [0.3, 0.4) is 0 Å². The normalized spacial score (nSPS) is 11.7. The molecule has 138 valence electrons. The summed E-state index contributed by atoms with van der Waals surface area (Å²) in [6.45, 7) is 3.44. The summed E-state index contributed by atoms with van der Waals surface area (Å²) in [7, 11) is 0. The summed E-state index contributed by atoms with van der Waals surface area (Å²) < 4.78 is 31.7. The number of hydrogen-bond acceptors (Lipinski definition) is 3. The Morgan fingerprint density at radius 2 is 1.73 bits per heavy atom. The Kier molecular flexibility index (Phi) is 6.83.